The number of nitrogens with zero attached hydrogens (tertiary/aromatic N) is 1. The van der Waals surface area contributed by atoms with Gasteiger partial charge in [-0.3, -0.25) is 4.79 Å². The molecule has 1 aromatic rings. The molecule has 0 fully saturated rings. The van der Waals surface area contributed by atoms with Crippen molar-refractivity contribution in [2.45, 2.75) is 50.6 Å². The molecule has 1 N–H and O–H groups in total. The van der Waals surface area contributed by atoms with Gasteiger partial charge in [-0.2, -0.15) is 4.31 Å². The molecule has 0 aliphatic carbocycles. The summed E-state index contributed by atoms with van der Waals surface area (Å²) in [5.74, 6) is 0.626. The van der Waals surface area contributed by atoms with E-state index in [0.29, 0.717) is 43.0 Å². The summed E-state index contributed by atoms with van der Waals surface area (Å²) >= 11 is 0. The Bertz CT molecular complexity index is 867. The maximum atomic E-state index is 13.1. The van der Waals surface area contributed by atoms with Gasteiger partial charge in [-0.1, -0.05) is 20.8 Å². The summed E-state index contributed by atoms with van der Waals surface area (Å²) in [6.07, 6.45) is 1.40. The Morgan fingerprint density at radius 1 is 1.29 bits per heavy atom. The number of carbonyl (C=O) groups excluding carboxylic acids is 2. The Morgan fingerprint density at radius 3 is 2.50 bits per heavy atom. The van der Waals surface area contributed by atoms with E-state index in [1.807, 2.05) is 13.8 Å². The van der Waals surface area contributed by atoms with E-state index in [9.17, 15) is 18.0 Å². The van der Waals surface area contributed by atoms with Crippen LogP contribution in [0.25, 0.3) is 0 Å². The second-order valence-corrected chi connectivity index (χ2v) is 9.27. The molecule has 0 saturated carbocycles. The summed E-state index contributed by atoms with van der Waals surface area (Å²) in [5.41, 5.74) is 0.514. The zero-order valence-electron chi connectivity index (χ0n) is 16.3. The number of fused-ring (bicyclic) bond motifs is 2. The van der Waals surface area contributed by atoms with Gasteiger partial charge in [0.2, 0.25) is 15.9 Å². The van der Waals surface area contributed by atoms with Crippen molar-refractivity contribution in [3.05, 3.63) is 17.7 Å². The Labute approximate surface area is 165 Å². The van der Waals surface area contributed by atoms with Gasteiger partial charge in [0.25, 0.3) is 0 Å². The van der Waals surface area contributed by atoms with Crippen LogP contribution in [0.1, 0.15) is 32.8 Å². The number of carbonyl (C=O) groups is 2. The number of hydrogen-bond acceptors (Lipinski definition) is 6. The second kappa shape index (κ2) is 8.08. The molecule has 9 heteroatoms. The lowest BCUT2D eigenvalue weighted by Gasteiger charge is -2.35. The average Bonchev–Trinajstić information content (AvgIpc) is 2.65. The van der Waals surface area contributed by atoms with Crippen LogP contribution in [0, 0.1) is 5.92 Å². The minimum absolute atomic E-state index is 0.136. The lowest BCUT2D eigenvalue weighted by molar-refractivity contribution is -0.127. The lowest BCUT2D eigenvalue weighted by Crippen LogP contribution is -2.55. The molecule has 2 heterocycles. The summed E-state index contributed by atoms with van der Waals surface area (Å²) in [6.45, 7) is 6.48. The van der Waals surface area contributed by atoms with Gasteiger partial charge < -0.3 is 19.6 Å². The van der Waals surface area contributed by atoms with Crippen molar-refractivity contribution >= 4 is 22.2 Å². The maximum absolute atomic E-state index is 13.1. The third-order valence-corrected chi connectivity index (χ3v) is 6.97. The predicted molar refractivity (Wildman–Crippen MR) is 102 cm³/mol. The van der Waals surface area contributed by atoms with Crippen LogP contribution >= 0.6 is 0 Å². The molecular formula is C19H26N2O6S. The van der Waals surface area contributed by atoms with Crippen molar-refractivity contribution in [3.63, 3.8) is 0 Å². The van der Waals surface area contributed by atoms with Crippen LogP contribution < -0.4 is 14.8 Å². The zero-order chi connectivity index (χ0) is 20.5. The quantitative estimate of drug-likeness (QED) is 0.705. The van der Waals surface area contributed by atoms with E-state index in [2.05, 4.69) is 5.32 Å². The SMILES string of the molecule is CCN1[C@H](C(=O)N[C@H](C=O)CC(C)C)Cc2cc3c(cc2S1(=O)=O)OCCO3. The molecule has 0 saturated heterocycles. The van der Waals surface area contributed by atoms with E-state index in [4.69, 9.17) is 9.47 Å². The molecule has 3 rings (SSSR count). The Morgan fingerprint density at radius 2 is 1.93 bits per heavy atom. The molecule has 28 heavy (non-hydrogen) atoms. The van der Waals surface area contributed by atoms with Gasteiger partial charge in [-0.15, -0.1) is 0 Å². The van der Waals surface area contributed by atoms with Crippen LogP contribution in [0.3, 0.4) is 0 Å². The molecule has 0 spiro atoms. The molecule has 0 bridgehead atoms. The summed E-state index contributed by atoms with van der Waals surface area (Å²) < 4.78 is 38.5. The normalized spacial score (nSPS) is 21.6. The first-order chi connectivity index (χ1) is 13.3. The van der Waals surface area contributed by atoms with Crippen LogP contribution in [0.5, 0.6) is 11.5 Å². The van der Waals surface area contributed by atoms with Crippen molar-refractivity contribution in [1.29, 1.82) is 0 Å². The van der Waals surface area contributed by atoms with Crippen molar-refractivity contribution in [3.8, 4) is 11.5 Å². The molecule has 154 valence electrons. The van der Waals surface area contributed by atoms with Crippen LogP contribution in [0.4, 0.5) is 0 Å². The van der Waals surface area contributed by atoms with Gasteiger partial charge in [-0.25, -0.2) is 8.42 Å². The molecular weight excluding hydrogens is 384 g/mol. The van der Waals surface area contributed by atoms with Crippen LogP contribution in [0.15, 0.2) is 17.0 Å². The number of hydrogen-bond donors (Lipinski definition) is 1. The molecule has 0 unspecified atom stereocenters. The number of nitrogens with one attached hydrogen (secondary N) is 1. The van der Waals surface area contributed by atoms with Gasteiger partial charge in [0.1, 0.15) is 25.5 Å². The summed E-state index contributed by atoms with van der Waals surface area (Å²) in [7, 11) is -3.88. The number of rotatable bonds is 6. The number of ether oxygens (including phenoxy) is 2. The fourth-order valence-corrected chi connectivity index (χ4v) is 5.49. The fraction of sp³-hybridized carbons (Fsp3) is 0.579. The number of aldehydes is 1. The average molecular weight is 410 g/mol. The smallest absolute Gasteiger partial charge is 0.244 e. The van der Waals surface area contributed by atoms with E-state index >= 15 is 0 Å². The van der Waals surface area contributed by atoms with Gasteiger partial charge in [0.05, 0.1) is 10.9 Å². The highest BCUT2D eigenvalue weighted by molar-refractivity contribution is 7.89. The Hall–Kier alpha value is -2.13. The third kappa shape index (κ3) is 3.86. The number of sulfonamides is 1. The van der Waals surface area contributed by atoms with Crippen LogP contribution in [0.2, 0.25) is 0 Å². The highest BCUT2D eigenvalue weighted by atomic mass is 32.2. The largest absolute Gasteiger partial charge is 0.486 e. The van der Waals surface area contributed by atoms with Gasteiger partial charge in [-0.05, 0) is 30.4 Å². The highest BCUT2D eigenvalue weighted by Gasteiger charge is 2.42. The number of likely N-dealkylation sites (N-methyl/N-ethyl adjacent to an activating group) is 1. The molecule has 0 aromatic heterocycles. The third-order valence-electron chi connectivity index (χ3n) is 4.90. The molecule has 2 aliphatic heterocycles. The van der Waals surface area contributed by atoms with Gasteiger partial charge in [0, 0.05) is 12.6 Å². The molecule has 2 aliphatic rings. The van der Waals surface area contributed by atoms with Gasteiger partial charge >= 0.3 is 0 Å². The monoisotopic (exact) mass is 410 g/mol. The van der Waals surface area contributed by atoms with E-state index in [-0.39, 0.29) is 23.8 Å². The first kappa shape index (κ1) is 20.6. The van der Waals surface area contributed by atoms with Crippen molar-refractivity contribution in [1.82, 2.24) is 9.62 Å². The predicted octanol–water partition coefficient (Wildman–Crippen LogP) is 1.12. The van der Waals surface area contributed by atoms with E-state index in [1.54, 1.807) is 13.0 Å². The minimum Gasteiger partial charge on any atom is -0.486 e. The molecule has 0 radical (unpaired) electrons. The Kier molecular flexibility index (Phi) is 5.95. The second-order valence-electron chi connectivity index (χ2n) is 7.41. The zero-order valence-corrected chi connectivity index (χ0v) is 17.1. The standard InChI is InChI=1S/C19H26N2O6S/c1-4-21-15(19(23)20-14(11-22)7-12(2)3)8-13-9-16-17(27-6-5-26-16)10-18(13)28(21,24)25/h9-12,14-15H,4-8H2,1-3H3,(H,20,23)/t14-,15-/m0/s1. The van der Waals surface area contributed by atoms with E-state index in [0.717, 1.165) is 0 Å². The molecule has 8 nitrogen and oxygen atoms in total. The van der Waals surface area contributed by atoms with E-state index < -0.39 is 28.0 Å². The Balaban J connectivity index is 1.94. The minimum atomic E-state index is -3.88. The number of amides is 1. The first-order valence-electron chi connectivity index (χ1n) is 9.48. The topological polar surface area (TPSA) is 102 Å². The maximum Gasteiger partial charge on any atom is 0.244 e. The fourth-order valence-electron chi connectivity index (χ4n) is 3.66. The van der Waals surface area contributed by atoms with E-state index in [1.165, 1.54) is 10.4 Å². The van der Waals surface area contributed by atoms with Crippen molar-refractivity contribution in [2.75, 3.05) is 19.8 Å². The molecule has 1 aromatic carbocycles. The van der Waals surface area contributed by atoms with Gasteiger partial charge in [0.15, 0.2) is 11.5 Å². The van der Waals surface area contributed by atoms with Crippen molar-refractivity contribution in [2.24, 2.45) is 5.92 Å². The molecule has 1 amide bonds. The highest BCUT2D eigenvalue weighted by Crippen LogP contribution is 2.39. The first-order valence-corrected chi connectivity index (χ1v) is 10.9. The van der Waals surface area contributed by atoms with Crippen molar-refractivity contribution < 1.29 is 27.5 Å². The summed E-state index contributed by atoms with van der Waals surface area (Å²) in [5, 5.41) is 2.69. The van der Waals surface area contributed by atoms with Crippen LogP contribution in [-0.4, -0.2) is 56.8 Å². The lowest BCUT2D eigenvalue weighted by atomic mass is 10.0. The summed E-state index contributed by atoms with van der Waals surface area (Å²) in [6, 6.07) is 1.55. The summed E-state index contributed by atoms with van der Waals surface area (Å²) in [4.78, 5) is 24.3. The number of benzene rings is 1. The molecule has 2 atom stereocenters. The van der Waals surface area contributed by atoms with Crippen LogP contribution in [-0.2, 0) is 26.0 Å².